The summed E-state index contributed by atoms with van der Waals surface area (Å²) in [5.41, 5.74) is 4.81. The number of β-lactam (4-membered cyclic amide) rings is 1. The summed E-state index contributed by atoms with van der Waals surface area (Å²) in [5, 5.41) is 24.0. The van der Waals surface area contributed by atoms with Gasteiger partial charge in [0, 0.05) is 42.5 Å². The van der Waals surface area contributed by atoms with Gasteiger partial charge in [0.15, 0.2) is 5.13 Å². The van der Waals surface area contributed by atoms with E-state index < -0.39 is 46.6 Å². The number of thioether (sulfide) groups is 1. The lowest BCUT2D eigenvalue weighted by Crippen LogP contribution is -2.71. The number of carbonyl (C=O) groups is 5. The fourth-order valence-corrected chi connectivity index (χ4v) is 7.04. The number of aliphatic carboxylic acids is 1. The number of ether oxygens (including phenoxy) is 1. The standard InChI is InChI=1S/C25H30N8O8S2/c1-25(2,3)41-24(39)31-6-5-13(9-31)32-7-4-11(19(32)35)8-12-10-42-21-15(20(36)33(21)16(12)22(37)38)27-18(34)14(29-40)17-28-23(26)43-30-17/h8,13,15,21,40H,4-7,9-10H2,1-3H3,(H,27,34)(H,37,38)(H2,26,28,30)/b11-8+,29-14+/t13-,15-,21-/m1/s1. The number of hydrogen-bond acceptors (Lipinski definition) is 13. The minimum Gasteiger partial charge on any atom is -0.477 e. The molecule has 4 amide bonds. The van der Waals surface area contributed by atoms with Crippen molar-refractivity contribution in [3.63, 3.8) is 0 Å². The molecule has 5 rings (SSSR count). The van der Waals surface area contributed by atoms with Crippen LogP contribution < -0.4 is 11.1 Å². The number of hydrogen-bond donors (Lipinski definition) is 4. The number of anilines is 1. The predicted molar refractivity (Wildman–Crippen MR) is 153 cm³/mol. The maximum Gasteiger partial charge on any atom is 0.410 e. The van der Waals surface area contributed by atoms with Crippen LogP contribution in [0.2, 0.25) is 0 Å². The third-order valence-electron chi connectivity index (χ3n) is 7.22. The number of amides is 4. The molecule has 3 saturated heterocycles. The van der Waals surface area contributed by atoms with Crippen LogP contribution in [-0.2, 0) is 23.9 Å². The highest BCUT2D eigenvalue weighted by Crippen LogP contribution is 2.41. The predicted octanol–water partition coefficient (Wildman–Crippen LogP) is 0.205. The maximum absolute atomic E-state index is 13.3. The zero-order valence-electron chi connectivity index (χ0n) is 23.5. The Kier molecular flexibility index (Phi) is 8.08. The second kappa shape index (κ2) is 11.5. The van der Waals surface area contributed by atoms with Gasteiger partial charge in [-0.05, 0) is 45.3 Å². The number of nitrogen functional groups attached to an aromatic ring is 1. The van der Waals surface area contributed by atoms with Gasteiger partial charge in [-0.2, -0.15) is 9.36 Å². The molecule has 18 heteroatoms. The van der Waals surface area contributed by atoms with Crippen LogP contribution in [0.25, 0.3) is 0 Å². The van der Waals surface area contributed by atoms with Gasteiger partial charge in [0.25, 0.3) is 11.8 Å². The lowest BCUT2D eigenvalue weighted by atomic mass is 10.0. The molecule has 4 aliphatic heterocycles. The van der Waals surface area contributed by atoms with E-state index in [2.05, 4.69) is 19.8 Å². The molecule has 0 aromatic carbocycles. The fraction of sp³-hybridized carbons (Fsp3) is 0.520. The maximum atomic E-state index is 13.3. The van der Waals surface area contributed by atoms with Crippen LogP contribution in [0.1, 0.15) is 39.4 Å². The van der Waals surface area contributed by atoms with Gasteiger partial charge in [-0.15, -0.1) is 11.8 Å². The first-order chi connectivity index (χ1) is 20.3. The number of fused-ring (bicyclic) bond motifs is 1. The Balaban J connectivity index is 1.27. The monoisotopic (exact) mass is 634 g/mol. The highest BCUT2D eigenvalue weighted by molar-refractivity contribution is 8.00. The molecule has 0 bridgehead atoms. The molecule has 4 aliphatic rings. The Labute approximate surface area is 253 Å². The quantitative estimate of drug-likeness (QED) is 0.108. The van der Waals surface area contributed by atoms with Crippen LogP contribution in [-0.4, -0.2) is 118 Å². The normalized spacial score (nSPS) is 25.3. The smallest absolute Gasteiger partial charge is 0.410 e. The van der Waals surface area contributed by atoms with Crippen molar-refractivity contribution in [2.75, 3.05) is 31.1 Å². The van der Waals surface area contributed by atoms with Crippen LogP contribution in [0, 0.1) is 0 Å². The molecule has 230 valence electrons. The number of rotatable bonds is 6. The van der Waals surface area contributed by atoms with Gasteiger partial charge >= 0.3 is 12.1 Å². The largest absolute Gasteiger partial charge is 0.477 e. The number of nitrogens with zero attached hydrogens (tertiary/aromatic N) is 6. The first-order valence-electron chi connectivity index (χ1n) is 13.3. The minimum atomic E-state index is -1.35. The fourth-order valence-electron chi connectivity index (χ4n) is 5.30. The molecular formula is C25H30N8O8S2. The summed E-state index contributed by atoms with van der Waals surface area (Å²) >= 11 is 2.01. The first kappa shape index (κ1) is 30.3. The third-order valence-corrected chi connectivity index (χ3v) is 9.06. The Morgan fingerprint density at radius 1 is 1.23 bits per heavy atom. The second-order valence-corrected chi connectivity index (χ2v) is 13.1. The molecule has 5 heterocycles. The highest BCUT2D eigenvalue weighted by Gasteiger charge is 2.54. The van der Waals surface area contributed by atoms with E-state index in [1.54, 1.807) is 30.6 Å². The van der Waals surface area contributed by atoms with E-state index in [1.807, 2.05) is 0 Å². The average Bonchev–Trinajstić information content (AvgIpc) is 3.67. The van der Waals surface area contributed by atoms with Crippen molar-refractivity contribution >= 4 is 63.9 Å². The molecule has 0 radical (unpaired) electrons. The molecule has 16 nitrogen and oxygen atoms in total. The molecule has 5 N–H and O–H groups in total. The van der Waals surface area contributed by atoms with Gasteiger partial charge in [-0.25, -0.2) is 9.59 Å². The van der Waals surface area contributed by atoms with E-state index in [4.69, 9.17) is 10.5 Å². The number of carboxylic acids is 1. The van der Waals surface area contributed by atoms with Crippen molar-refractivity contribution in [1.29, 1.82) is 0 Å². The zero-order chi connectivity index (χ0) is 31.2. The van der Waals surface area contributed by atoms with Crippen molar-refractivity contribution in [2.45, 2.75) is 56.7 Å². The van der Waals surface area contributed by atoms with Gasteiger partial charge in [-0.3, -0.25) is 19.3 Å². The molecule has 0 aliphatic carbocycles. The number of carbonyl (C=O) groups excluding carboxylic acids is 4. The third kappa shape index (κ3) is 5.88. The molecule has 3 fully saturated rings. The lowest BCUT2D eigenvalue weighted by molar-refractivity contribution is -0.150. The Morgan fingerprint density at radius 3 is 2.60 bits per heavy atom. The Hall–Kier alpha value is -4.19. The summed E-state index contributed by atoms with van der Waals surface area (Å²) in [5.74, 6) is -3.24. The van der Waals surface area contributed by atoms with Crippen molar-refractivity contribution < 1.29 is 39.0 Å². The second-order valence-electron chi connectivity index (χ2n) is 11.2. The summed E-state index contributed by atoms with van der Waals surface area (Å²) in [6.07, 6.45) is 2.09. The van der Waals surface area contributed by atoms with Crippen LogP contribution in [0.15, 0.2) is 28.1 Å². The van der Waals surface area contributed by atoms with E-state index in [9.17, 15) is 34.3 Å². The lowest BCUT2D eigenvalue weighted by Gasteiger charge is -2.49. The number of allylic oxidation sites excluding steroid dienone is 1. The van der Waals surface area contributed by atoms with Crippen molar-refractivity contribution in [3.05, 3.63) is 28.7 Å². The summed E-state index contributed by atoms with van der Waals surface area (Å²) in [7, 11) is 0. The average molecular weight is 635 g/mol. The van der Waals surface area contributed by atoms with Crippen LogP contribution in [0.4, 0.5) is 9.93 Å². The topological polar surface area (TPSA) is 221 Å². The molecule has 0 spiro atoms. The number of nitrogens with two attached hydrogens (primary N) is 1. The van der Waals surface area contributed by atoms with Gasteiger partial charge in [0.05, 0.1) is 6.04 Å². The zero-order valence-corrected chi connectivity index (χ0v) is 25.1. The Morgan fingerprint density at radius 2 is 1.98 bits per heavy atom. The van der Waals surface area contributed by atoms with Crippen LogP contribution >= 0.6 is 23.3 Å². The summed E-state index contributed by atoms with van der Waals surface area (Å²) < 4.78 is 9.26. The molecule has 43 heavy (non-hydrogen) atoms. The van der Waals surface area contributed by atoms with Crippen molar-refractivity contribution in [2.24, 2.45) is 5.16 Å². The van der Waals surface area contributed by atoms with Gasteiger partial charge in [0.1, 0.15) is 22.7 Å². The minimum absolute atomic E-state index is 0.0467. The van der Waals surface area contributed by atoms with Gasteiger partial charge in [-0.1, -0.05) is 5.16 Å². The van der Waals surface area contributed by atoms with E-state index >= 15 is 0 Å². The Bertz CT molecular complexity index is 1480. The summed E-state index contributed by atoms with van der Waals surface area (Å²) in [6, 6.07) is -1.28. The molecular weight excluding hydrogens is 604 g/mol. The highest BCUT2D eigenvalue weighted by atomic mass is 32.2. The molecule has 1 aromatic rings. The number of likely N-dealkylation sites (tertiary alicyclic amines) is 2. The number of carboxylic acid groups (broad SMARTS) is 1. The van der Waals surface area contributed by atoms with E-state index in [0.29, 0.717) is 43.6 Å². The van der Waals surface area contributed by atoms with Gasteiger partial charge < -0.3 is 35.9 Å². The SMILES string of the molecule is CC(C)(C)OC(=O)N1CC[C@@H](N2CC/C(=C\C3=C(C(=O)O)N4C(=O)[C@@H](NC(=O)/C(=N/O)c5nsc(N)n5)[C@H]4SC3)C2=O)C1. The van der Waals surface area contributed by atoms with E-state index in [0.717, 1.165) is 16.4 Å². The van der Waals surface area contributed by atoms with Crippen molar-refractivity contribution in [3.8, 4) is 0 Å². The summed E-state index contributed by atoms with van der Waals surface area (Å²) in [4.78, 5) is 72.0. The number of nitrogens with one attached hydrogen (secondary N) is 1. The number of aromatic nitrogens is 2. The van der Waals surface area contributed by atoms with Crippen molar-refractivity contribution in [1.82, 2.24) is 29.4 Å². The molecule has 3 atom stereocenters. The molecule has 0 saturated carbocycles. The van der Waals surface area contributed by atoms with Gasteiger partial charge in [0.2, 0.25) is 17.4 Å². The molecule has 0 unspecified atom stereocenters. The van der Waals surface area contributed by atoms with Crippen LogP contribution in [0.5, 0.6) is 0 Å². The van der Waals surface area contributed by atoms with E-state index in [-0.39, 0.29) is 34.4 Å². The van der Waals surface area contributed by atoms with E-state index in [1.165, 1.54) is 17.8 Å². The first-order valence-corrected chi connectivity index (χ1v) is 15.1. The summed E-state index contributed by atoms with van der Waals surface area (Å²) in [6.45, 7) is 6.59. The molecule has 1 aromatic heterocycles. The van der Waals surface area contributed by atoms with Crippen LogP contribution in [0.3, 0.4) is 0 Å². The number of oxime groups is 1.